The van der Waals surface area contributed by atoms with Crippen molar-refractivity contribution >= 4 is 29.2 Å². The molecule has 1 saturated carbocycles. The van der Waals surface area contributed by atoms with Crippen LogP contribution in [0.4, 0.5) is 4.79 Å². The van der Waals surface area contributed by atoms with Crippen molar-refractivity contribution in [3.05, 3.63) is 16.1 Å². The van der Waals surface area contributed by atoms with Gasteiger partial charge in [-0.25, -0.2) is 9.78 Å². The van der Waals surface area contributed by atoms with E-state index in [4.69, 9.17) is 0 Å². The highest BCUT2D eigenvalue weighted by molar-refractivity contribution is 7.09. The second-order valence-electron chi connectivity index (χ2n) is 5.28. The number of nitrogens with one attached hydrogen (secondary N) is 1. The highest BCUT2D eigenvalue weighted by atomic mass is 32.1. The van der Waals surface area contributed by atoms with E-state index in [0.29, 0.717) is 19.3 Å². The zero-order valence-electron chi connectivity index (χ0n) is 11.1. The predicted octanol–water partition coefficient (Wildman–Crippen LogP) is 1.24. The van der Waals surface area contributed by atoms with Crippen LogP contribution in [0.2, 0.25) is 0 Å². The monoisotopic (exact) mass is 293 g/mol. The van der Waals surface area contributed by atoms with Gasteiger partial charge in [0.1, 0.15) is 5.41 Å². The Morgan fingerprint density at radius 3 is 2.70 bits per heavy atom. The molecule has 1 saturated heterocycles. The lowest BCUT2D eigenvalue weighted by Crippen LogP contribution is -2.66. The van der Waals surface area contributed by atoms with Gasteiger partial charge in [0.25, 0.3) is 0 Å². The second-order valence-corrected chi connectivity index (χ2v) is 6.23. The van der Waals surface area contributed by atoms with Crippen molar-refractivity contribution in [2.75, 3.05) is 6.54 Å². The molecule has 7 heteroatoms. The fraction of sp³-hybridized carbons (Fsp3) is 0.538. The van der Waals surface area contributed by atoms with Gasteiger partial charge in [-0.1, -0.05) is 6.42 Å². The number of urea groups is 1. The summed E-state index contributed by atoms with van der Waals surface area (Å²) in [5.74, 6) is -0.772. The standard InChI is InChI=1S/C13H15N3O3S/c1-8-7-20-9(14-8)3-6-16-11(18)13(4-2-5-13)10(17)15-12(16)19/h7H,2-6H2,1H3,(H,15,17,19). The predicted molar refractivity (Wildman–Crippen MR) is 72.1 cm³/mol. The maximum absolute atomic E-state index is 12.4. The van der Waals surface area contributed by atoms with Crippen molar-refractivity contribution in [2.45, 2.75) is 32.6 Å². The maximum atomic E-state index is 12.4. The number of amides is 4. The van der Waals surface area contributed by atoms with Gasteiger partial charge in [-0.15, -0.1) is 11.3 Å². The first-order valence-electron chi connectivity index (χ1n) is 6.61. The Morgan fingerprint density at radius 1 is 1.40 bits per heavy atom. The van der Waals surface area contributed by atoms with E-state index in [1.54, 1.807) is 0 Å². The molecule has 2 fully saturated rings. The number of barbiturate groups is 1. The summed E-state index contributed by atoms with van der Waals surface area (Å²) in [6.07, 6.45) is 2.46. The molecule has 0 unspecified atom stereocenters. The van der Waals surface area contributed by atoms with Crippen molar-refractivity contribution in [1.29, 1.82) is 0 Å². The zero-order valence-corrected chi connectivity index (χ0v) is 12.0. The number of carbonyl (C=O) groups is 3. The molecule has 1 spiro atoms. The quantitative estimate of drug-likeness (QED) is 0.850. The number of aryl methyl sites for hydroxylation is 1. The van der Waals surface area contributed by atoms with Gasteiger partial charge in [0.15, 0.2) is 0 Å². The van der Waals surface area contributed by atoms with E-state index in [0.717, 1.165) is 22.0 Å². The summed E-state index contributed by atoms with van der Waals surface area (Å²) in [6.45, 7) is 2.17. The van der Waals surface area contributed by atoms with Crippen molar-refractivity contribution < 1.29 is 14.4 Å². The highest BCUT2D eigenvalue weighted by Crippen LogP contribution is 2.44. The molecule has 1 aromatic heterocycles. The van der Waals surface area contributed by atoms with Crippen LogP contribution in [0.1, 0.15) is 30.0 Å². The summed E-state index contributed by atoms with van der Waals surface area (Å²) in [5.41, 5.74) is -0.0442. The minimum absolute atomic E-state index is 0.270. The van der Waals surface area contributed by atoms with Gasteiger partial charge in [0, 0.05) is 24.0 Å². The Balaban J connectivity index is 1.73. The van der Waals surface area contributed by atoms with E-state index in [-0.39, 0.29) is 12.5 Å². The molecule has 2 heterocycles. The number of rotatable bonds is 3. The number of nitrogens with zero attached hydrogens (tertiary/aromatic N) is 2. The van der Waals surface area contributed by atoms with Gasteiger partial charge in [-0.3, -0.25) is 19.8 Å². The third-order valence-electron chi connectivity index (χ3n) is 3.98. The average Bonchev–Trinajstić information content (AvgIpc) is 2.72. The number of hydrogen-bond acceptors (Lipinski definition) is 5. The van der Waals surface area contributed by atoms with Crippen LogP contribution in [0.15, 0.2) is 5.38 Å². The lowest BCUT2D eigenvalue weighted by molar-refractivity contribution is -0.157. The Hall–Kier alpha value is -1.76. The van der Waals surface area contributed by atoms with Gasteiger partial charge >= 0.3 is 6.03 Å². The van der Waals surface area contributed by atoms with E-state index in [2.05, 4.69) is 10.3 Å². The van der Waals surface area contributed by atoms with Crippen LogP contribution in [0, 0.1) is 12.3 Å². The molecule has 1 aliphatic carbocycles. The summed E-state index contributed by atoms with van der Waals surface area (Å²) >= 11 is 1.51. The molecule has 20 heavy (non-hydrogen) atoms. The topological polar surface area (TPSA) is 79.4 Å². The largest absolute Gasteiger partial charge is 0.330 e. The van der Waals surface area contributed by atoms with Crippen LogP contribution >= 0.6 is 11.3 Å². The number of imide groups is 2. The minimum Gasteiger partial charge on any atom is -0.277 e. The lowest BCUT2D eigenvalue weighted by Gasteiger charge is -2.44. The molecule has 0 atom stereocenters. The normalized spacial score (nSPS) is 21.1. The SMILES string of the molecule is Cc1csc(CCN2C(=O)NC(=O)C3(CCC3)C2=O)n1. The van der Waals surface area contributed by atoms with Gasteiger partial charge in [0.2, 0.25) is 11.8 Å². The molecule has 1 aliphatic heterocycles. The first-order chi connectivity index (χ1) is 9.53. The van der Waals surface area contributed by atoms with Crippen LogP contribution < -0.4 is 5.32 Å². The van der Waals surface area contributed by atoms with Crippen molar-refractivity contribution in [3.8, 4) is 0 Å². The maximum Gasteiger partial charge on any atom is 0.330 e. The number of thiazole rings is 1. The van der Waals surface area contributed by atoms with Gasteiger partial charge in [-0.05, 0) is 19.8 Å². The van der Waals surface area contributed by atoms with Crippen molar-refractivity contribution in [3.63, 3.8) is 0 Å². The van der Waals surface area contributed by atoms with Gasteiger partial charge < -0.3 is 0 Å². The number of carbonyl (C=O) groups excluding carboxylic acids is 3. The molecule has 2 aliphatic rings. The van der Waals surface area contributed by atoms with Gasteiger partial charge in [-0.2, -0.15) is 0 Å². The van der Waals surface area contributed by atoms with Crippen LogP contribution in [0.5, 0.6) is 0 Å². The third kappa shape index (κ3) is 1.93. The van der Waals surface area contributed by atoms with Crippen LogP contribution in [0.3, 0.4) is 0 Å². The Kier molecular flexibility index (Phi) is 3.08. The smallest absolute Gasteiger partial charge is 0.277 e. The molecule has 4 amide bonds. The minimum atomic E-state index is -0.979. The molecule has 0 bridgehead atoms. The van der Waals surface area contributed by atoms with Crippen LogP contribution in [-0.4, -0.2) is 34.3 Å². The summed E-state index contributed by atoms with van der Waals surface area (Å²) < 4.78 is 0. The molecule has 1 N–H and O–H groups in total. The molecular formula is C13H15N3O3S. The molecule has 6 nitrogen and oxygen atoms in total. The van der Waals surface area contributed by atoms with Gasteiger partial charge in [0.05, 0.1) is 5.01 Å². The van der Waals surface area contributed by atoms with Crippen molar-refractivity contribution in [2.24, 2.45) is 5.41 Å². The number of hydrogen-bond donors (Lipinski definition) is 1. The van der Waals surface area contributed by atoms with E-state index in [1.165, 1.54) is 11.3 Å². The average molecular weight is 293 g/mol. The highest BCUT2D eigenvalue weighted by Gasteiger charge is 2.57. The Bertz CT molecular complexity index is 591. The summed E-state index contributed by atoms with van der Waals surface area (Å²) in [4.78, 5) is 41.6. The molecule has 106 valence electrons. The third-order valence-corrected chi connectivity index (χ3v) is 5.00. The first kappa shape index (κ1) is 13.2. The molecule has 1 aromatic rings. The fourth-order valence-corrected chi connectivity index (χ4v) is 3.40. The summed E-state index contributed by atoms with van der Waals surface area (Å²) in [7, 11) is 0. The first-order valence-corrected chi connectivity index (χ1v) is 7.49. The molecule has 0 radical (unpaired) electrons. The summed E-state index contributed by atoms with van der Waals surface area (Å²) in [6, 6.07) is -0.606. The van der Waals surface area contributed by atoms with E-state index < -0.39 is 17.4 Å². The molecule has 0 aromatic carbocycles. The molecular weight excluding hydrogens is 278 g/mol. The zero-order chi connectivity index (χ0) is 14.3. The fourth-order valence-electron chi connectivity index (χ4n) is 2.63. The Morgan fingerprint density at radius 2 is 2.15 bits per heavy atom. The van der Waals surface area contributed by atoms with Crippen LogP contribution in [0.25, 0.3) is 0 Å². The van der Waals surface area contributed by atoms with Crippen molar-refractivity contribution in [1.82, 2.24) is 15.2 Å². The second kappa shape index (κ2) is 4.66. The lowest BCUT2D eigenvalue weighted by atomic mass is 9.66. The number of aromatic nitrogens is 1. The van der Waals surface area contributed by atoms with E-state index in [1.807, 2.05) is 12.3 Å². The molecule has 3 rings (SSSR count). The van der Waals surface area contributed by atoms with E-state index in [9.17, 15) is 14.4 Å². The van der Waals surface area contributed by atoms with Crippen LogP contribution in [-0.2, 0) is 16.0 Å². The van der Waals surface area contributed by atoms with E-state index >= 15 is 0 Å². The summed E-state index contributed by atoms with van der Waals surface area (Å²) in [5, 5.41) is 5.13. The Labute approximate surface area is 120 Å².